The summed E-state index contributed by atoms with van der Waals surface area (Å²) in [5, 5.41) is 12.5. The molecule has 2 aliphatic carbocycles. The van der Waals surface area contributed by atoms with Gasteiger partial charge in [-0.3, -0.25) is 4.79 Å². The zero-order chi connectivity index (χ0) is 14.1. The summed E-state index contributed by atoms with van der Waals surface area (Å²) in [5.74, 6) is 0.133. The molecule has 0 spiro atoms. The quantitative estimate of drug-likeness (QED) is 0.783. The molecule has 5 heteroatoms. The lowest BCUT2D eigenvalue weighted by Gasteiger charge is -2.30. The predicted molar refractivity (Wildman–Crippen MR) is 77.4 cm³/mol. The smallest absolute Gasteiger partial charge is 0.268 e. The lowest BCUT2D eigenvalue weighted by Crippen LogP contribution is -2.43. The Balaban J connectivity index is 1.72. The zero-order valence-corrected chi connectivity index (χ0v) is 11.7. The standard InChI is InChI=1S/C15H23N3O2/c16-11-7-14(18(8-11)12-5-6-12)15(20)17-13-4-2-1-3-10(13)9-19/h7-8,10,12-13,19H,1-6,9,16H2,(H,17,20). The third-order valence-corrected chi connectivity index (χ3v) is 4.50. The molecular formula is C15H23N3O2. The molecule has 1 amide bonds. The van der Waals surface area contributed by atoms with Crippen LogP contribution in [0.5, 0.6) is 0 Å². The van der Waals surface area contributed by atoms with Crippen molar-refractivity contribution in [2.45, 2.75) is 50.6 Å². The van der Waals surface area contributed by atoms with E-state index >= 15 is 0 Å². The van der Waals surface area contributed by atoms with Gasteiger partial charge < -0.3 is 20.7 Å². The molecule has 0 aromatic carbocycles. The Morgan fingerprint density at radius 1 is 1.35 bits per heavy atom. The maximum atomic E-state index is 12.5. The van der Waals surface area contributed by atoms with E-state index in [1.165, 1.54) is 0 Å². The number of nitrogens with zero attached hydrogens (tertiary/aromatic N) is 1. The molecule has 0 aliphatic heterocycles. The van der Waals surface area contributed by atoms with Crippen molar-refractivity contribution >= 4 is 11.6 Å². The van der Waals surface area contributed by atoms with Crippen LogP contribution >= 0.6 is 0 Å². The molecule has 2 saturated carbocycles. The summed E-state index contributed by atoms with van der Waals surface area (Å²) in [7, 11) is 0. The van der Waals surface area contributed by atoms with E-state index in [1.54, 1.807) is 6.07 Å². The van der Waals surface area contributed by atoms with Crippen molar-refractivity contribution in [3.8, 4) is 0 Å². The first-order valence-corrected chi connectivity index (χ1v) is 7.58. The highest BCUT2D eigenvalue weighted by molar-refractivity contribution is 5.94. The highest BCUT2D eigenvalue weighted by Crippen LogP contribution is 2.37. The SMILES string of the molecule is Nc1cc(C(=O)NC2CCCCC2CO)n(C2CC2)c1. The third kappa shape index (κ3) is 2.68. The largest absolute Gasteiger partial charge is 0.397 e. The van der Waals surface area contributed by atoms with Crippen LogP contribution in [0.25, 0.3) is 0 Å². The molecule has 0 radical (unpaired) electrons. The molecule has 0 saturated heterocycles. The molecule has 0 bridgehead atoms. The summed E-state index contributed by atoms with van der Waals surface area (Å²) in [4.78, 5) is 12.5. The van der Waals surface area contributed by atoms with Gasteiger partial charge in [-0.1, -0.05) is 12.8 Å². The fraction of sp³-hybridized carbons (Fsp3) is 0.667. The van der Waals surface area contributed by atoms with Crippen LogP contribution in [0.3, 0.4) is 0 Å². The average molecular weight is 277 g/mol. The van der Waals surface area contributed by atoms with Crippen molar-refractivity contribution in [2.75, 3.05) is 12.3 Å². The first kappa shape index (κ1) is 13.5. The molecule has 2 aliphatic rings. The number of aromatic nitrogens is 1. The highest BCUT2D eigenvalue weighted by atomic mass is 16.3. The van der Waals surface area contributed by atoms with Crippen LogP contribution in [0.2, 0.25) is 0 Å². The Labute approximate surface area is 119 Å². The molecule has 110 valence electrons. The topological polar surface area (TPSA) is 80.3 Å². The summed E-state index contributed by atoms with van der Waals surface area (Å²) >= 11 is 0. The first-order valence-electron chi connectivity index (χ1n) is 7.58. The van der Waals surface area contributed by atoms with Gasteiger partial charge in [0.2, 0.25) is 0 Å². The van der Waals surface area contributed by atoms with Crippen LogP contribution in [0, 0.1) is 5.92 Å². The number of hydrogen-bond donors (Lipinski definition) is 3. The van der Waals surface area contributed by atoms with E-state index in [9.17, 15) is 9.90 Å². The van der Waals surface area contributed by atoms with Gasteiger partial charge in [-0.05, 0) is 31.7 Å². The van der Waals surface area contributed by atoms with Gasteiger partial charge in [0.1, 0.15) is 5.69 Å². The average Bonchev–Trinajstić information content (AvgIpc) is 3.22. The van der Waals surface area contributed by atoms with Crippen molar-refractivity contribution in [1.82, 2.24) is 9.88 Å². The van der Waals surface area contributed by atoms with Crippen LogP contribution in [-0.4, -0.2) is 28.2 Å². The summed E-state index contributed by atoms with van der Waals surface area (Å²) < 4.78 is 2.00. The predicted octanol–water partition coefficient (Wildman–Crippen LogP) is 1.69. The van der Waals surface area contributed by atoms with Crippen molar-refractivity contribution in [1.29, 1.82) is 0 Å². The maximum Gasteiger partial charge on any atom is 0.268 e. The van der Waals surface area contributed by atoms with E-state index in [0.717, 1.165) is 38.5 Å². The van der Waals surface area contributed by atoms with Gasteiger partial charge in [-0.2, -0.15) is 0 Å². The van der Waals surface area contributed by atoms with Gasteiger partial charge in [0.25, 0.3) is 5.91 Å². The van der Waals surface area contributed by atoms with Gasteiger partial charge in [-0.25, -0.2) is 0 Å². The monoisotopic (exact) mass is 277 g/mol. The molecule has 5 nitrogen and oxygen atoms in total. The third-order valence-electron chi connectivity index (χ3n) is 4.50. The number of aliphatic hydroxyl groups is 1. The second kappa shape index (κ2) is 5.48. The van der Waals surface area contributed by atoms with E-state index in [2.05, 4.69) is 5.32 Å². The summed E-state index contributed by atoms with van der Waals surface area (Å²) in [6.07, 6.45) is 8.31. The van der Waals surface area contributed by atoms with Crippen molar-refractivity contribution in [3.05, 3.63) is 18.0 Å². The Morgan fingerprint density at radius 2 is 2.10 bits per heavy atom. The normalized spacial score (nSPS) is 26.4. The molecule has 2 unspecified atom stereocenters. The number of nitrogens with one attached hydrogen (secondary N) is 1. The van der Waals surface area contributed by atoms with Crippen LogP contribution in [0.15, 0.2) is 12.3 Å². The van der Waals surface area contributed by atoms with Gasteiger partial charge in [0.05, 0.1) is 5.69 Å². The number of nitrogens with two attached hydrogens (primary N) is 1. The Bertz CT molecular complexity index is 493. The second-order valence-electron chi connectivity index (χ2n) is 6.10. The fourth-order valence-electron chi connectivity index (χ4n) is 3.20. The van der Waals surface area contributed by atoms with Gasteiger partial charge >= 0.3 is 0 Å². The lowest BCUT2D eigenvalue weighted by atomic mass is 9.85. The number of nitrogen functional groups attached to an aromatic ring is 1. The van der Waals surface area contributed by atoms with Crippen LogP contribution in [0.1, 0.15) is 55.1 Å². The van der Waals surface area contributed by atoms with E-state index in [4.69, 9.17) is 5.73 Å². The molecule has 1 aromatic rings. The number of carbonyl (C=O) groups is 1. The maximum absolute atomic E-state index is 12.5. The summed E-state index contributed by atoms with van der Waals surface area (Å²) in [6.45, 7) is 0.150. The van der Waals surface area contributed by atoms with Gasteiger partial charge in [-0.15, -0.1) is 0 Å². The molecule has 1 heterocycles. The second-order valence-corrected chi connectivity index (χ2v) is 6.10. The van der Waals surface area contributed by atoms with Crippen molar-refractivity contribution in [3.63, 3.8) is 0 Å². The van der Waals surface area contributed by atoms with E-state index < -0.39 is 0 Å². The molecule has 3 rings (SSSR count). The van der Waals surface area contributed by atoms with Crippen LogP contribution in [-0.2, 0) is 0 Å². The summed E-state index contributed by atoms with van der Waals surface area (Å²) in [5.41, 5.74) is 7.13. The highest BCUT2D eigenvalue weighted by Gasteiger charge is 2.30. The Morgan fingerprint density at radius 3 is 2.80 bits per heavy atom. The number of hydrogen-bond acceptors (Lipinski definition) is 3. The molecule has 2 fully saturated rings. The number of carbonyl (C=O) groups excluding carboxylic acids is 1. The number of aliphatic hydroxyl groups excluding tert-OH is 1. The van der Waals surface area contributed by atoms with Crippen LogP contribution < -0.4 is 11.1 Å². The van der Waals surface area contributed by atoms with Gasteiger partial charge in [0, 0.05) is 30.8 Å². The summed E-state index contributed by atoms with van der Waals surface area (Å²) in [6, 6.07) is 2.28. The first-order chi connectivity index (χ1) is 9.69. The van der Waals surface area contributed by atoms with E-state index in [-0.39, 0.29) is 24.5 Å². The van der Waals surface area contributed by atoms with Crippen molar-refractivity contribution in [2.24, 2.45) is 5.92 Å². The molecule has 20 heavy (non-hydrogen) atoms. The van der Waals surface area contributed by atoms with E-state index in [1.807, 2.05) is 10.8 Å². The molecular weight excluding hydrogens is 254 g/mol. The molecule has 1 aromatic heterocycles. The zero-order valence-electron chi connectivity index (χ0n) is 11.7. The fourth-order valence-corrected chi connectivity index (χ4v) is 3.20. The number of amides is 1. The Kier molecular flexibility index (Phi) is 3.70. The number of rotatable bonds is 4. The van der Waals surface area contributed by atoms with E-state index in [0.29, 0.717) is 17.4 Å². The number of anilines is 1. The van der Waals surface area contributed by atoms with Crippen LogP contribution in [0.4, 0.5) is 5.69 Å². The van der Waals surface area contributed by atoms with Crippen molar-refractivity contribution < 1.29 is 9.90 Å². The molecule has 2 atom stereocenters. The minimum absolute atomic E-state index is 0.0565. The molecule has 4 N–H and O–H groups in total. The Hall–Kier alpha value is -1.49. The minimum Gasteiger partial charge on any atom is -0.397 e. The minimum atomic E-state index is -0.0565. The lowest BCUT2D eigenvalue weighted by molar-refractivity contribution is 0.0863. The van der Waals surface area contributed by atoms with Gasteiger partial charge in [0.15, 0.2) is 0 Å².